The first-order valence-corrected chi connectivity index (χ1v) is 7.34. The Balaban J connectivity index is 1.72. The van der Waals surface area contributed by atoms with Gasteiger partial charge in [0.25, 0.3) is 0 Å². The van der Waals surface area contributed by atoms with Crippen LogP contribution in [-0.2, 0) is 4.79 Å². The van der Waals surface area contributed by atoms with E-state index in [0.29, 0.717) is 17.4 Å². The van der Waals surface area contributed by atoms with Crippen LogP contribution in [0.25, 0.3) is 11.0 Å². The van der Waals surface area contributed by atoms with Gasteiger partial charge in [0.15, 0.2) is 5.65 Å². The maximum absolute atomic E-state index is 12.4. The fraction of sp³-hybridized carbons (Fsp3) is 0.467. The van der Waals surface area contributed by atoms with Crippen LogP contribution in [0.15, 0.2) is 24.7 Å². The Morgan fingerprint density at radius 3 is 2.81 bits per heavy atom. The van der Waals surface area contributed by atoms with E-state index in [2.05, 4.69) is 20.3 Å². The van der Waals surface area contributed by atoms with Crippen LogP contribution in [0.2, 0.25) is 0 Å². The SMILES string of the molecule is NCC1CCC(C(=O)Nc2ncnc3ncccc23)CC1. The summed E-state index contributed by atoms with van der Waals surface area (Å²) in [6.45, 7) is 0.719. The van der Waals surface area contributed by atoms with Crippen molar-refractivity contribution in [1.82, 2.24) is 15.0 Å². The van der Waals surface area contributed by atoms with Crippen molar-refractivity contribution in [2.75, 3.05) is 11.9 Å². The second kappa shape index (κ2) is 6.13. The molecule has 6 heteroatoms. The number of nitrogens with zero attached hydrogens (tertiary/aromatic N) is 3. The minimum Gasteiger partial charge on any atom is -0.330 e. The normalized spacial score (nSPS) is 22.1. The zero-order valence-corrected chi connectivity index (χ0v) is 11.8. The molecule has 3 N–H and O–H groups in total. The van der Waals surface area contributed by atoms with E-state index in [1.54, 1.807) is 6.20 Å². The van der Waals surface area contributed by atoms with Gasteiger partial charge in [0.05, 0.1) is 5.39 Å². The second-order valence-corrected chi connectivity index (χ2v) is 5.54. The van der Waals surface area contributed by atoms with Crippen molar-refractivity contribution in [3.05, 3.63) is 24.7 Å². The molecule has 1 fully saturated rings. The van der Waals surface area contributed by atoms with Crippen molar-refractivity contribution in [2.45, 2.75) is 25.7 Å². The van der Waals surface area contributed by atoms with E-state index in [9.17, 15) is 4.79 Å². The lowest BCUT2D eigenvalue weighted by Crippen LogP contribution is -2.29. The Morgan fingerprint density at radius 1 is 1.24 bits per heavy atom. The van der Waals surface area contributed by atoms with Crippen molar-refractivity contribution in [3.8, 4) is 0 Å². The highest BCUT2D eigenvalue weighted by atomic mass is 16.1. The average molecular weight is 285 g/mol. The molecule has 1 aliphatic carbocycles. The summed E-state index contributed by atoms with van der Waals surface area (Å²) in [6.07, 6.45) is 6.95. The quantitative estimate of drug-likeness (QED) is 0.895. The molecule has 1 aliphatic rings. The first-order valence-electron chi connectivity index (χ1n) is 7.34. The summed E-state index contributed by atoms with van der Waals surface area (Å²) >= 11 is 0. The number of amides is 1. The minimum absolute atomic E-state index is 0.0364. The molecule has 21 heavy (non-hydrogen) atoms. The molecule has 3 rings (SSSR count). The third kappa shape index (κ3) is 3.00. The van der Waals surface area contributed by atoms with E-state index in [1.807, 2.05) is 12.1 Å². The number of carbonyl (C=O) groups is 1. The zero-order valence-electron chi connectivity index (χ0n) is 11.8. The summed E-state index contributed by atoms with van der Waals surface area (Å²) in [7, 11) is 0. The number of nitrogens with two attached hydrogens (primary N) is 1. The van der Waals surface area contributed by atoms with E-state index in [4.69, 9.17) is 5.73 Å². The lowest BCUT2D eigenvalue weighted by molar-refractivity contribution is -0.121. The summed E-state index contributed by atoms with van der Waals surface area (Å²) in [6, 6.07) is 3.68. The molecule has 0 atom stereocenters. The molecule has 0 unspecified atom stereocenters. The maximum atomic E-state index is 12.4. The van der Waals surface area contributed by atoms with Gasteiger partial charge in [-0.2, -0.15) is 0 Å². The van der Waals surface area contributed by atoms with Crippen molar-refractivity contribution in [2.24, 2.45) is 17.6 Å². The largest absolute Gasteiger partial charge is 0.330 e. The van der Waals surface area contributed by atoms with Crippen LogP contribution in [0.4, 0.5) is 5.82 Å². The van der Waals surface area contributed by atoms with Gasteiger partial charge in [-0.05, 0) is 50.3 Å². The number of pyridine rings is 1. The Hall–Kier alpha value is -2.08. The predicted molar refractivity (Wildman–Crippen MR) is 80.5 cm³/mol. The smallest absolute Gasteiger partial charge is 0.228 e. The summed E-state index contributed by atoms with van der Waals surface area (Å²) in [4.78, 5) is 24.8. The minimum atomic E-state index is 0.0364. The number of carbonyl (C=O) groups excluding carboxylic acids is 1. The lowest BCUT2D eigenvalue weighted by atomic mass is 9.81. The van der Waals surface area contributed by atoms with Crippen molar-refractivity contribution < 1.29 is 4.79 Å². The summed E-state index contributed by atoms with van der Waals surface area (Å²) in [5.74, 6) is 1.20. The fourth-order valence-corrected chi connectivity index (χ4v) is 2.87. The molecule has 0 saturated heterocycles. The van der Waals surface area contributed by atoms with Gasteiger partial charge in [0.1, 0.15) is 12.1 Å². The van der Waals surface area contributed by atoms with Crippen molar-refractivity contribution >= 4 is 22.8 Å². The summed E-state index contributed by atoms with van der Waals surface area (Å²) in [5, 5.41) is 3.69. The highest BCUT2D eigenvalue weighted by molar-refractivity contribution is 5.99. The number of hydrogen-bond acceptors (Lipinski definition) is 5. The molecular weight excluding hydrogens is 266 g/mol. The van der Waals surface area contributed by atoms with Gasteiger partial charge in [-0.25, -0.2) is 15.0 Å². The number of rotatable bonds is 3. The van der Waals surface area contributed by atoms with Gasteiger partial charge in [0, 0.05) is 12.1 Å². The molecule has 2 aromatic rings. The van der Waals surface area contributed by atoms with Gasteiger partial charge < -0.3 is 11.1 Å². The van der Waals surface area contributed by atoms with Crippen LogP contribution in [0.5, 0.6) is 0 Å². The Bertz CT molecular complexity index is 632. The molecule has 2 aromatic heterocycles. The fourth-order valence-electron chi connectivity index (χ4n) is 2.87. The van der Waals surface area contributed by atoms with E-state index in [0.717, 1.165) is 37.6 Å². The Morgan fingerprint density at radius 2 is 2.05 bits per heavy atom. The zero-order chi connectivity index (χ0) is 14.7. The van der Waals surface area contributed by atoms with E-state index in [-0.39, 0.29) is 11.8 Å². The topological polar surface area (TPSA) is 93.8 Å². The van der Waals surface area contributed by atoms with E-state index < -0.39 is 0 Å². The molecular formula is C15H19N5O. The van der Waals surface area contributed by atoms with Crippen LogP contribution in [0.1, 0.15) is 25.7 Å². The first kappa shape index (κ1) is 13.9. The Labute approximate surface area is 123 Å². The molecule has 0 spiro atoms. The van der Waals surface area contributed by atoms with Crippen molar-refractivity contribution in [1.29, 1.82) is 0 Å². The lowest BCUT2D eigenvalue weighted by Gasteiger charge is -2.26. The number of aromatic nitrogens is 3. The van der Waals surface area contributed by atoms with Gasteiger partial charge in [-0.15, -0.1) is 0 Å². The highest BCUT2D eigenvalue weighted by Crippen LogP contribution is 2.29. The van der Waals surface area contributed by atoms with E-state index >= 15 is 0 Å². The van der Waals surface area contributed by atoms with Crippen LogP contribution in [0, 0.1) is 11.8 Å². The predicted octanol–water partition coefficient (Wildman–Crippen LogP) is 1.73. The number of hydrogen-bond donors (Lipinski definition) is 2. The van der Waals surface area contributed by atoms with E-state index in [1.165, 1.54) is 6.33 Å². The molecule has 0 aliphatic heterocycles. The Kier molecular flexibility index (Phi) is 4.06. The summed E-state index contributed by atoms with van der Waals surface area (Å²) in [5.41, 5.74) is 6.28. The number of anilines is 1. The summed E-state index contributed by atoms with van der Waals surface area (Å²) < 4.78 is 0. The third-order valence-electron chi connectivity index (χ3n) is 4.20. The van der Waals surface area contributed by atoms with Crippen molar-refractivity contribution in [3.63, 3.8) is 0 Å². The van der Waals surface area contributed by atoms with Gasteiger partial charge in [-0.3, -0.25) is 4.79 Å². The first-order chi connectivity index (χ1) is 10.3. The third-order valence-corrected chi connectivity index (χ3v) is 4.20. The molecule has 0 radical (unpaired) electrons. The second-order valence-electron chi connectivity index (χ2n) is 5.54. The van der Waals surface area contributed by atoms with Crippen LogP contribution >= 0.6 is 0 Å². The molecule has 1 amide bonds. The molecule has 110 valence electrons. The van der Waals surface area contributed by atoms with Gasteiger partial charge >= 0.3 is 0 Å². The average Bonchev–Trinajstić information content (AvgIpc) is 2.55. The maximum Gasteiger partial charge on any atom is 0.228 e. The molecule has 0 aromatic carbocycles. The van der Waals surface area contributed by atoms with Gasteiger partial charge in [-0.1, -0.05) is 0 Å². The number of fused-ring (bicyclic) bond motifs is 1. The molecule has 6 nitrogen and oxygen atoms in total. The monoisotopic (exact) mass is 285 g/mol. The molecule has 1 saturated carbocycles. The van der Waals surface area contributed by atoms with Crippen LogP contribution in [0.3, 0.4) is 0 Å². The standard InChI is InChI=1S/C15H19N5O/c16-8-10-3-5-11(6-4-10)15(21)20-14-12-2-1-7-17-13(12)18-9-19-14/h1-2,7,9-11H,3-6,8,16H2,(H,17,18,19,20,21). The highest BCUT2D eigenvalue weighted by Gasteiger charge is 2.26. The molecule has 2 heterocycles. The number of nitrogens with one attached hydrogen (secondary N) is 1. The van der Waals surface area contributed by atoms with Gasteiger partial charge in [0.2, 0.25) is 5.91 Å². The van der Waals surface area contributed by atoms with Crippen LogP contribution < -0.4 is 11.1 Å². The van der Waals surface area contributed by atoms with Crippen LogP contribution in [-0.4, -0.2) is 27.4 Å². The molecule has 0 bridgehead atoms.